The first-order valence-electron chi connectivity index (χ1n) is 12.9. The normalized spacial score (nSPS) is 17.2. The largest absolute Gasteiger partial charge is 0.460 e. The number of esters is 1. The number of piperazine rings is 1. The van der Waals surface area contributed by atoms with Crippen molar-refractivity contribution >= 4 is 22.7 Å². The number of rotatable bonds is 4. The number of pyridine rings is 2. The molecule has 0 radical (unpaired) electrons. The summed E-state index contributed by atoms with van der Waals surface area (Å²) >= 11 is 0. The molecule has 0 aliphatic carbocycles. The van der Waals surface area contributed by atoms with E-state index >= 15 is 0 Å². The Morgan fingerprint density at radius 2 is 1.70 bits per heavy atom. The van der Waals surface area contributed by atoms with Crippen LogP contribution in [-0.4, -0.2) is 52.7 Å². The van der Waals surface area contributed by atoms with E-state index in [2.05, 4.69) is 14.7 Å². The van der Waals surface area contributed by atoms with Gasteiger partial charge in [-0.05, 0) is 41.5 Å². The SMILES string of the molecule is [C-]#[N+]Cc1cnc2c3c(c(=O)n(C)c2c1)C(=O)OC[C@H]1CN(C(c2ccc(F)cc2)c2ccc(F)cc2)CCN31. The fourth-order valence-corrected chi connectivity index (χ4v) is 5.77. The summed E-state index contributed by atoms with van der Waals surface area (Å²) in [6.07, 6.45) is 1.60. The van der Waals surface area contributed by atoms with Crippen molar-refractivity contribution in [2.45, 2.75) is 18.6 Å². The van der Waals surface area contributed by atoms with Gasteiger partial charge in [-0.3, -0.25) is 14.7 Å². The molecule has 202 valence electrons. The number of fused-ring (bicyclic) bond motifs is 5. The lowest BCUT2D eigenvalue weighted by Gasteiger charge is -2.45. The molecule has 2 aliphatic heterocycles. The molecule has 1 fully saturated rings. The highest BCUT2D eigenvalue weighted by molar-refractivity contribution is 6.04. The van der Waals surface area contributed by atoms with E-state index in [9.17, 15) is 18.4 Å². The standard InChI is InChI=1S/C30H25F2N5O3/c1-33-14-18-13-24-26(34-15-18)28-25(29(38)35(24)2)30(39)40-17-23-16-36(11-12-37(23)28)27(19-3-7-21(31)8-4-19)20-5-9-22(32)10-6-20/h3-10,13,15,23,27H,11-12,14,16-17H2,2H3/t23-/m1/s1. The molecular formula is C30H25F2N5O3. The first-order valence-corrected chi connectivity index (χ1v) is 12.9. The lowest BCUT2D eigenvalue weighted by molar-refractivity contribution is 0.0451. The van der Waals surface area contributed by atoms with Gasteiger partial charge in [0.1, 0.15) is 23.8 Å². The van der Waals surface area contributed by atoms with Crippen LogP contribution in [0.2, 0.25) is 0 Å². The van der Waals surface area contributed by atoms with Gasteiger partial charge in [-0.15, -0.1) is 0 Å². The number of halogens is 2. The molecule has 0 spiro atoms. The number of aryl methyl sites for hydroxylation is 1. The van der Waals surface area contributed by atoms with Gasteiger partial charge in [0, 0.05) is 32.9 Å². The fraction of sp³-hybridized carbons (Fsp3) is 0.267. The average molecular weight is 542 g/mol. The van der Waals surface area contributed by atoms with Crippen LogP contribution < -0.4 is 10.5 Å². The van der Waals surface area contributed by atoms with Gasteiger partial charge in [-0.25, -0.2) is 20.1 Å². The Balaban J connectivity index is 1.43. The predicted molar refractivity (Wildman–Crippen MR) is 145 cm³/mol. The Morgan fingerprint density at radius 1 is 1.05 bits per heavy atom. The summed E-state index contributed by atoms with van der Waals surface area (Å²) in [6.45, 7) is 8.83. The van der Waals surface area contributed by atoms with Crippen molar-refractivity contribution in [3.05, 3.63) is 116 Å². The van der Waals surface area contributed by atoms with E-state index in [0.29, 0.717) is 41.9 Å². The van der Waals surface area contributed by atoms with Crippen LogP contribution in [0, 0.1) is 18.2 Å². The minimum Gasteiger partial charge on any atom is -0.460 e. The Kier molecular flexibility index (Phi) is 6.52. The molecule has 4 aromatic rings. The molecule has 40 heavy (non-hydrogen) atoms. The number of cyclic esters (lactones) is 1. The molecule has 0 N–H and O–H groups in total. The summed E-state index contributed by atoms with van der Waals surface area (Å²) in [4.78, 5) is 38.8. The van der Waals surface area contributed by atoms with Crippen LogP contribution in [0.5, 0.6) is 0 Å². The number of ether oxygens (including phenoxy) is 1. The summed E-state index contributed by atoms with van der Waals surface area (Å²) in [5.74, 6) is -1.39. The van der Waals surface area contributed by atoms with Crippen molar-refractivity contribution in [1.82, 2.24) is 14.5 Å². The maximum absolute atomic E-state index is 13.8. The molecule has 0 amide bonds. The maximum atomic E-state index is 13.8. The van der Waals surface area contributed by atoms with Crippen molar-refractivity contribution in [3.8, 4) is 0 Å². The third kappa shape index (κ3) is 4.38. The highest BCUT2D eigenvalue weighted by atomic mass is 19.1. The van der Waals surface area contributed by atoms with Crippen LogP contribution >= 0.6 is 0 Å². The second-order valence-electron chi connectivity index (χ2n) is 10.1. The van der Waals surface area contributed by atoms with Crippen molar-refractivity contribution in [3.63, 3.8) is 0 Å². The van der Waals surface area contributed by atoms with Crippen molar-refractivity contribution in [2.75, 3.05) is 31.1 Å². The Hall–Kier alpha value is -4.62. The van der Waals surface area contributed by atoms with Gasteiger partial charge < -0.3 is 19.0 Å². The molecular weight excluding hydrogens is 516 g/mol. The summed E-state index contributed by atoms with van der Waals surface area (Å²) in [7, 11) is 1.58. The zero-order chi connectivity index (χ0) is 28.0. The quantitative estimate of drug-likeness (QED) is 0.287. The zero-order valence-corrected chi connectivity index (χ0v) is 21.7. The van der Waals surface area contributed by atoms with Gasteiger partial charge in [0.05, 0.1) is 28.9 Å². The summed E-state index contributed by atoms with van der Waals surface area (Å²) in [5.41, 5.74) is 3.32. The van der Waals surface area contributed by atoms with Gasteiger partial charge >= 0.3 is 5.97 Å². The van der Waals surface area contributed by atoms with E-state index in [1.165, 1.54) is 28.8 Å². The maximum Gasteiger partial charge on any atom is 0.346 e. The molecule has 8 nitrogen and oxygen atoms in total. The Bertz CT molecular complexity index is 1670. The third-order valence-electron chi connectivity index (χ3n) is 7.68. The molecule has 2 aromatic heterocycles. The highest BCUT2D eigenvalue weighted by Crippen LogP contribution is 2.37. The van der Waals surface area contributed by atoms with E-state index in [1.807, 2.05) is 4.90 Å². The van der Waals surface area contributed by atoms with Crippen LogP contribution in [0.3, 0.4) is 0 Å². The molecule has 1 saturated heterocycles. The second-order valence-corrected chi connectivity index (χ2v) is 10.1. The van der Waals surface area contributed by atoms with E-state index in [0.717, 1.165) is 11.1 Å². The molecule has 10 heteroatoms. The minimum atomic E-state index is -0.695. The van der Waals surface area contributed by atoms with Crippen LogP contribution in [0.4, 0.5) is 14.5 Å². The van der Waals surface area contributed by atoms with Crippen LogP contribution in [-0.2, 0) is 18.3 Å². The summed E-state index contributed by atoms with van der Waals surface area (Å²) in [6, 6.07) is 13.7. The molecule has 2 aromatic carbocycles. The number of hydrogen-bond donors (Lipinski definition) is 0. The van der Waals surface area contributed by atoms with E-state index in [1.54, 1.807) is 43.6 Å². The van der Waals surface area contributed by atoms with Crippen molar-refractivity contribution < 1.29 is 18.3 Å². The summed E-state index contributed by atoms with van der Waals surface area (Å²) in [5, 5.41) is 0. The van der Waals surface area contributed by atoms with Crippen LogP contribution in [0.15, 0.2) is 65.6 Å². The molecule has 6 rings (SSSR count). The summed E-state index contributed by atoms with van der Waals surface area (Å²) < 4.78 is 34.6. The zero-order valence-electron chi connectivity index (χ0n) is 21.7. The number of anilines is 1. The van der Waals surface area contributed by atoms with Gasteiger partial charge in [-0.1, -0.05) is 24.3 Å². The molecule has 2 aliphatic rings. The third-order valence-corrected chi connectivity index (χ3v) is 7.68. The van der Waals surface area contributed by atoms with E-state index in [-0.39, 0.29) is 42.4 Å². The molecule has 0 bridgehead atoms. The predicted octanol–water partition coefficient (Wildman–Crippen LogP) is 4.08. The monoisotopic (exact) mass is 541 g/mol. The average Bonchev–Trinajstić information content (AvgIpc) is 3.10. The van der Waals surface area contributed by atoms with Crippen molar-refractivity contribution in [1.29, 1.82) is 0 Å². The number of benzene rings is 2. The second kappa shape index (κ2) is 10.2. The van der Waals surface area contributed by atoms with Gasteiger partial charge in [0.15, 0.2) is 5.56 Å². The van der Waals surface area contributed by atoms with Gasteiger partial charge in [-0.2, -0.15) is 0 Å². The topological polar surface area (TPSA) is 72.0 Å². The molecule has 0 saturated carbocycles. The number of aromatic nitrogens is 2. The number of nitrogens with zero attached hydrogens (tertiary/aromatic N) is 5. The lowest BCUT2D eigenvalue weighted by atomic mass is 9.95. The molecule has 1 atom stereocenters. The first-order chi connectivity index (χ1) is 19.4. The highest BCUT2D eigenvalue weighted by Gasteiger charge is 2.39. The Labute approximate surface area is 228 Å². The number of carbonyl (C=O) groups is 1. The fourth-order valence-electron chi connectivity index (χ4n) is 5.77. The van der Waals surface area contributed by atoms with Gasteiger partial charge in [0.2, 0.25) is 6.54 Å². The van der Waals surface area contributed by atoms with E-state index < -0.39 is 11.5 Å². The van der Waals surface area contributed by atoms with E-state index in [4.69, 9.17) is 11.3 Å². The van der Waals surface area contributed by atoms with Gasteiger partial charge in [0.25, 0.3) is 5.56 Å². The lowest BCUT2D eigenvalue weighted by Crippen LogP contribution is -2.55. The Morgan fingerprint density at radius 3 is 2.33 bits per heavy atom. The molecule has 0 unspecified atom stereocenters. The first kappa shape index (κ1) is 25.6. The number of carbonyl (C=O) groups excluding carboxylic acids is 1. The van der Waals surface area contributed by atoms with Crippen LogP contribution in [0.25, 0.3) is 15.9 Å². The van der Waals surface area contributed by atoms with Crippen molar-refractivity contribution in [2.24, 2.45) is 7.05 Å². The smallest absolute Gasteiger partial charge is 0.346 e. The van der Waals surface area contributed by atoms with Crippen LogP contribution in [0.1, 0.15) is 33.1 Å². The molecule has 4 heterocycles. The number of hydrogen-bond acceptors (Lipinski definition) is 6. The minimum absolute atomic E-state index is 0.0509.